The molecule has 2 aromatic rings. The molecule has 0 fully saturated rings. The van der Waals surface area contributed by atoms with Gasteiger partial charge in [-0.05, 0) is 35.4 Å². The Kier molecular flexibility index (Phi) is 3.63. The molecule has 0 aliphatic heterocycles. The highest BCUT2D eigenvalue weighted by atomic mass is 16.3. The summed E-state index contributed by atoms with van der Waals surface area (Å²) in [5.41, 5.74) is 8.07. The number of phenolic OH excluding ortho intramolecular Hbond substituents is 1. The van der Waals surface area contributed by atoms with Gasteiger partial charge in [-0.3, -0.25) is 4.79 Å². The molecular weight excluding hydrogens is 226 g/mol. The van der Waals surface area contributed by atoms with Crippen molar-refractivity contribution in [2.45, 2.75) is 12.8 Å². The fourth-order valence-electron chi connectivity index (χ4n) is 1.89. The maximum Gasteiger partial charge on any atom is 0.141 e. The molecule has 0 saturated carbocycles. The first-order chi connectivity index (χ1) is 8.63. The summed E-state index contributed by atoms with van der Waals surface area (Å²) in [7, 11) is 0. The smallest absolute Gasteiger partial charge is 0.141 e. The van der Waals surface area contributed by atoms with Gasteiger partial charge in [0.2, 0.25) is 0 Å². The standard InChI is InChI=1S/C15H15NO2/c16-13-5-1-3-11(7-13)9-15(18)10-12-4-2-6-14(17)8-12/h1-8,17H,9-10,16H2. The van der Waals surface area contributed by atoms with E-state index in [9.17, 15) is 9.90 Å². The molecule has 0 bridgehead atoms. The van der Waals surface area contributed by atoms with E-state index in [-0.39, 0.29) is 11.5 Å². The Morgan fingerprint density at radius 1 is 1.00 bits per heavy atom. The minimum absolute atomic E-state index is 0.103. The highest BCUT2D eigenvalue weighted by Gasteiger charge is 2.06. The number of hydrogen-bond donors (Lipinski definition) is 2. The fourth-order valence-corrected chi connectivity index (χ4v) is 1.89. The lowest BCUT2D eigenvalue weighted by molar-refractivity contribution is -0.117. The highest BCUT2D eigenvalue weighted by molar-refractivity contribution is 5.83. The molecule has 2 rings (SSSR count). The maximum absolute atomic E-state index is 11.9. The van der Waals surface area contributed by atoms with E-state index in [4.69, 9.17) is 5.73 Å². The van der Waals surface area contributed by atoms with Crippen molar-refractivity contribution in [3.63, 3.8) is 0 Å². The summed E-state index contributed by atoms with van der Waals surface area (Å²) in [6.07, 6.45) is 0.684. The topological polar surface area (TPSA) is 63.3 Å². The molecule has 0 unspecified atom stereocenters. The lowest BCUT2D eigenvalue weighted by atomic mass is 10.0. The largest absolute Gasteiger partial charge is 0.508 e. The Bertz CT molecular complexity index is 514. The van der Waals surface area contributed by atoms with Crippen molar-refractivity contribution in [2.24, 2.45) is 0 Å². The van der Waals surface area contributed by atoms with Crippen molar-refractivity contribution >= 4 is 11.5 Å². The third kappa shape index (κ3) is 3.35. The van der Waals surface area contributed by atoms with E-state index in [1.54, 1.807) is 30.3 Å². The van der Waals surface area contributed by atoms with E-state index in [1.807, 2.05) is 18.2 Å². The number of nitrogen functional groups attached to an aromatic ring is 1. The third-order valence-electron chi connectivity index (χ3n) is 2.66. The Balaban J connectivity index is 2.01. The van der Waals surface area contributed by atoms with Crippen LogP contribution in [0.4, 0.5) is 5.69 Å². The number of hydrogen-bond acceptors (Lipinski definition) is 3. The zero-order valence-corrected chi connectivity index (χ0v) is 9.97. The van der Waals surface area contributed by atoms with Crippen molar-refractivity contribution in [1.29, 1.82) is 0 Å². The number of ketones is 1. The summed E-state index contributed by atoms with van der Waals surface area (Å²) in [5.74, 6) is 0.287. The van der Waals surface area contributed by atoms with Gasteiger partial charge in [0.05, 0.1) is 0 Å². The van der Waals surface area contributed by atoms with Gasteiger partial charge in [0.25, 0.3) is 0 Å². The van der Waals surface area contributed by atoms with Crippen LogP contribution >= 0.6 is 0 Å². The predicted octanol–water partition coefficient (Wildman–Crippen LogP) is 2.33. The molecular formula is C15H15NO2. The van der Waals surface area contributed by atoms with Gasteiger partial charge in [0.1, 0.15) is 11.5 Å². The number of benzene rings is 2. The number of nitrogens with two attached hydrogens (primary N) is 1. The van der Waals surface area contributed by atoms with Crippen LogP contribution in [-0.4, -0.2) is 10.9 Å². The van der Waals surface area contributed by atoms with E-state index in [1.165, 1.54) is 0 Å². The summed E-state index contributed by atoms with van der Waals surface area (Å²) in [6.45, 7) is 0. The van der Waals surface area contributed by atoms with Gasteiger partial charge >= 0.3 is 0 Å². The highest BCUT2D eigenvalue weighted by Crippen LogP contribution is 2.13. The zero-order valence-electron chi connectivity index (χ0n) is 9.97. The first-order valence-corrected chi connectivity index (χ1v) is 5.77. The van der Waals surface area contributed by atoms with Gasteiger partial charge in [-0.25, -0.2) is 0 Å². The van der Waals surface area contributed by atoms with Gasteiger partial charge in [-0.1, -0.05) is 24.3 Å². The Labute approximate surface area is 106 Å². The third-order valence-corrected chi connectivity index (χ3v) is 2.66. The van der Waals surface area contributed by atoms with Crippen molar-refractivity contribution in [2.75, 3.05) is 5.73 Å². The predicted molar refractivity (Wildman–Crippen MR) is 71.4 cm³/mol. The minimum atomic E-state index is 0.103. The van der Waals surface area contributed by atoms with Crippen molar-refractivity contribution < 1.29 is 9.90 Å². The molecule has 2 aromatic carbocycles. The molecule has 0 aliphatic carbocycles. The summed E-state index contributed by atoms with van der Waals surface area (Å²) < 4.78 is 0. The van der Waals surface area contributed by atoms with Crippen LogP contribution in [0.5, 0.6) is 5.75 Å². The molecule has 0 spiro atoms. The van der Waals surface area contributed by atoms with E-state index in [0.717, 1.165) is 11.1 Å². The molecule has 0 atom stereocenters. The fraction of sp³-hybridized carbons (Fsp3) is 0.133. The maximum atomic E-state index is 11.9. The number of carbonyl (C=O) groups is 1. The van der Waals surface area contributed by atoms with Gasteiger partial charge in [-0.2, -0.15) is 0 Å². The van der Waals surface area contributed by atoms with Gasteiger partial charge in [-0.15, -0.1) is 0 Å². The van der Waals surface area contributed by atoms with Gasteiger partial charge in [0.15, 0.2) is 0 Å². The van der Waals surface area contributed by atoms with E-state index in [2.05, 4.69) is 0 Å². The zero-order chi connectivity index (χ0) is 13.0. The second-order valence-electron chi connectivity index (χ2n) is 4.31. The normalized spacial score (nSPS) is 10.2. The molecule has 0 radical (unpaired) electrons. The quantitative estimate of drug-likeness (QED) is 0.807. The second-order valence-corrected chi connectivity index (χ2v) is 4.31. The SMILES string of the molecule is Nc1cccc(CC(=O)Cc2cccc(O)c2)c1. The van der Waals surface area contributed by atoms with Gasteiger partial charge < -0.3 is 10.8 Å². The second kappa shape index (κ2) is 5.36. The van der Waals surface area contributed by atoms with E-state index in [0.29, 0.717) is 18.5 Å². The molecule has 0 heterocycles. The molecule has 92 valence electrons. The summed E-state index contributed by atoms with van der Waals surface area (Å²) in [5, 5.41) is 9.32. The first-order valence-electron chi connectivity index (χ1n) is 5.77. The van der Waals surface area contributed by atoms with Gasteiger partial charge in [0, 0.05) is 18.5 Å². The van der Waals surface area contributed by atoms with E-state index < -0.39 is 0 Å². The number of carbonyl (C=O) groups excluding carboxylic acids is 1. The van der Waals surface area contributed by atoms with Crippen LogP contribution in [0.25, 0.3) is 0 Å². The first kappa shape index (κ1) is 12.2. The van der Waals surface area contributed by atoms with Crippen LogP contribution < -0.4 is 5.73 Å². The minimum Gasteiger partial charge on any atom is -0.508 e. The average molecular weight is 241 g/mol. The Hall–Kier alpha value is -2.29. The van der Waals surface area contributed by atoms with Crippen LogP contribution in [0.2, 0.25) is 0 Å². The molecule has 18 heavy (non-hydrogen) atoms. The van der Waals surface area contributed by atoms with Crippen LogP contribution in [-0.2, 0) is 17.6 Å². The van der Waals surface area contributed by atoms with Crippen LogP contribution in [0.1, 0.15) is 11.1 Å². The number of aromatic hydroxyl groups is 1. The average Bonchev–Trinajstić information content (AvgIpc) is 2.28. The molecule has 0 aliphatic rings. The number of Topliss-reactive ketones (excluding diaryl/α,β-unsaturated/α-hetero) is 1. The van der Waals surface area contributed by atoms with Crippen LogP contribution in [0, 0.1) is 0 Å². The molecule has 0 aromatic heterocycles. The number of rotatable bonds is 4. The molecule has 3 N–H and O–H groups in total. The van der Waals surface area contributed by atoms with Crippen molar-refractivity contribution in [3.8, 4) is 5.75 Å². The summed E-state index contributed by atoms with van der Waals surface area (Å²) in [4.78, 5) is 11.9. The molecule has 0 amide bonds. The Morgan fingerprint density at radius 2 is 1.61 bits per heavy atom. The lowest BCUT2D eigenvalue weighted by Gasteiger charge is -2.03. The van der Waals surface area contributed by atoms with Crippen LogP contribution in [0.3, 0.4) is 0 Å². The Morgan fingerprint density at radius 3 is 2.22 bits per heavy atom. The molecule has 0 saturated heterocycles. The lowest BCUT2D eigenvalue weighted by Crippen LogP contribution is -2.06. The summed E-state index contributed by atoms with van der Waals surface area (Å²) >= 11 is 0. The molecule has 3 heteroatoms. The number of anilines is 1. The van der Waals surface area contributed by atoms with Crippen molar-refractivity contribution in [1.82, 2.24) is 0 Å². The monoisotopic (exact) mass is 241 g/mol. The number of phenols is 1. The van der Waals surface area contributed by atoms with E-state index >= 15 is 0 Å². The van der Waals surface area contributed by atoms with Crippen LogP contribution in [0.15, 0.2) is 48.5 Å². The summed E-state index contributed by atoms with van der Waals surface area (Å²) in [6, 6.07) is 14.1. The molecule has 3 nitrogen and oxygen atoms in total. The van der Waals surface area contributed by atoms with Crippen molar-refractivity contribution in [3.05, 3.63) is 59.7 Å².